The number of amides is 1. The lowest BCUT2D eigenvalue weighted by molar-refractivity contribution is 0.0951. The standard InChI is InChI=1S/C25H27N5O2/c1-15-3-4-16(24(31)27-17-5-6-17)9-23(15)30-14-26-22-8-7-18(11-21(22)25(30)32)29-13-19-10-20(29)12-28(19)2/h3-4,7-9,11,14,17,19-20H,5-6,10,12-13H2,1-2H3,(H,27,31). The predicted octanol–water partition coefficient (Wildman–Crippen LogP) is 2.48. The molecule has 2 aliphatic heterocycles. The van der Waals surface area contributed by atoms with Crippen LogP contribution in [0.3, 0.4) is 0 Å². The summed E-state index contributed by atoms with van der Waals surface area (Å²) in [6, 6.07) is 12.9. The van der Waals surface area contributed by atoms with Crippen LogP contribution < -0.4 is 15.8 Å². The molecular formula is C25H27N5O2. The number of hydrogen-bond donors (Lipinski definition) is 1. The van der Waals surface area contributed by atoms with Gasteiger partial charge in [-0.3, -0.25) is 19.1 Å². The topological polar surface area (TPSA) is 70.5 Å². The molecule has 1 aliphatic carbocycles. The number of nitrogens with zero attached hydrogens (tertiary/aromatic N) is 4. The summed E-state index contributed by atoms with van der Waals surface area (Å²) in [5.74, 6) is -0.0908. The van der Waals surface area contributed by atoms with E-state index in [2.05, 4.69) is 33.2 Å². The Labute approximate surface area is 186 Å². The van der Waals surface area contributed by atoms with Crippen molar-refractivity contribution in [2.45, 2.75) is 44.3 Å². The van der Waals surface area contributed by atoms with Crippen molar-refractivity contribution in [1.82, 2.24) is 19.8 Å². The van der Waals surface area contributed by atoms with Crippen LogP contribution in [0.15, 0.2) is 47.5 Å². The number of carbonyl (C=O) groups excluding carboxylic acids is 1. The van der Waals surface area contributed by atoms with E-state index in [1.807, 2.05) is 31.2 Å². The van der Waals surface area contributed by atoms with Crippen LogP contribution in [-0.4, -0.2) is 58.6 Å². The Balaban J connectivity index is 1.39. The quantitative estimate of drug-likeness (QED) is 0.690. The first kappa shape index (κ1) is 19.5. The van der Waals surface area contributed by atoms with Crippen LogP contribution in [0.5, 0.6) is 0 Å². The van der Waals surface area contributed by atoms with Crippen molar-refractivity contribution in [3.63, 3.8) is 0 Å². The second-order valence-electron chi connectivity index (χ2n) is 9.51. The number of aromatic nitrogens is 2. The molecule has 3 heterocycles. The normalized spacial score (nSPS) is 22.6. The van der Waals surface area contributed by atoms with Crippen molar-refractivity contribution in [3.8, 4) is 5.69 Å². The highest BCUT2D eigenvalue weighted by molar-refractivity contribution is 5.95. The number of likely N-dealkylation sites (tertiary alicyclic amines) is 1. The molecule has 2 atom stereocenters. The van der Waals surface area contributed by atoms with E-state index in [4.69, 9.17) is 0 Å². The Morgan fingerprint density at radius 2 is 1.94 bits per heavy atom. The highest BCUT2D eigenvalue weighted by Crippen LogP contribution is 2.34. The number of rotatable bonds is 4. The molecule has 2 aromatic carbocycles. The fraction of sp³-hybridized carbons (Fsp3) is 0.400. The fourth-order valence-electron chi connectivity index (χ4n) is 5.15. The summed E-state index contributed by atoms with van der Waals surface area (Å²) >= 11 is 0. The second kappa shape index (κ2) is 7.17. The third-order valence-corrected chi connectivity index (χ3v) is 7.23. The zero-order chi connectivity index (χ0) is 22.0. The molecule has 1 saturated carbocycles. The van der Waals surface area contributed by atoms with Gasteiger partial charge in [-0.05, 0) is 69.1 Å². The van der Waals surface area contributed by atoms with Gasteiger partial charge < -0.3 is 10.2 Å². The molecule has 164 valence electrons. The SMILES string of the molecule is Cc1ccc(C(=O)NC2CC2)cc1-n1cnc2ccc(N3CC4CC3CN4C)cc2c1=O. The van der Waals surface area contributed by atoms with Crippen LogP contribution in [0.25, 0.3) is 16.6 Å². The number of hydrogen-bond acceptors (Lipinski definition) is 5. The zero-order valence-corrected chi connectivity index (χ0v) is 18.4. The summed E-state index contributed by atoms with van der Waals surface area (Å²) in [6.45, 7) is 4.01. The predicted molar refractivity (Wildman–Crippen MR) is 125 cm³/mol. The third-order valence-electron chi connectivity index (χ3n) is 7.23. The Morgan fingerprint density at radius 1 is 1.09 bits per heavy atom. The molecule has 0 spiro atoms. The van der Waals surface area contributed by atoms with Crippen molar-refractivity contribution in [1.29, 1.82) is 0 Å². The average Bonchev–Trinajstić information content (AvgIpc) is 3.40. The monoisotopic (exact) mass is 429 g/mol. The maximum absolute atomic E-state index is 13.5. The lowest BCUT2D eigenvalue weighted by Gasteiger charge is -2.33. The molecule has 2 saturated heterocycles. The first-order valence-electron chi connectivity index (χ1n) is 11.4. The smallest absolute Gasteiger partial charge is 0.265 e. The van der Waals surface area contributed by atoms with Gasteiger partial charge in [0.25, 0.3) is 11.5 Å². The lowest BCUT2D eigenvalue weighted by atomic mass is 10.1. The number of fused-ring (bicyclic) bond motifs is 3. The highest BCUT2D eigenvalue weighted by atomic mass is 16.1. The van der Waals surface area contributed by atoms with Gasteiger partial charge in [0.1, 0.15) is 6.33 Å². The molecule has 7 heteroatoms. The van der Waals surface area contributed by atoms with Crippen molar-refractivity contribution in [3.05, 3.63) is 64.2 Å². The number of piperazine rings is 1. The fourth-order valence-corrected chi connectivity index (χ4v) is 5.15. The highest BCUT2D eigenvalue weighted by Gasteiger charge is 2.41. The second-order valence-corrected chi connectivity index (χ2v) is 9.51. The van der Waals surface area contributed by atoms with Gasteiger partial charge in [-0.2, -0.15) is 0 Å². The Bertz CT molecular complexity index is 1290. The van der Waals surface area contributed by atoms with E-state index in [0.29, 0.717) is 34.2 Å². The van der Waals surface area contributed by atoms with E-state index in [1.165, 1.54) is 6.42 Å². The van der Waals surface area contributed by atoms with Gasteiger partial charge >= 0.3 is 0 Å². The number of benzene rings is 2. The molecular weight excluding hydrogens is 402 g/mol. The molecule has 1 aromatic heterocycles. The molecule has 3 fully saturated rings. The largest absolute Gasteiger partial charge is 0.366 e. The van der Waals surface area contributed by atoms with Crippen LogP contribution >= 0.6 is 0 Å². The van der Waals surface area contributed by atoms with Gasteiger partial charge in [0, 0.05) is 42.5 Å². The minimum atomic E-state index is -0.110. The Hall–Kier alpha value is -3.19. The summed E-state index contributed by atoms with van der Waals surface area (Å²) < 4.78 is 1.57. The van der Waals surface area contributed by atoms with E-state index >= 15 is 0 Å². The first-order chi connectivity index (χ1) is 15.5. The van der Waals surface area contributed by atoms with Crippen molar-refractivity contribution in [2.24, 2.45) is 0 Å². The molecule has 6 rings (SSSR count). The number of carbonyl (C=O) groups is 1. The molecule has 1 amide bonds. The van der Waals surface area contributed by atoms with Crippen LogP contribution in [-0.2, 0) is 0 Å². The van der Waals surface area contributed by atoms with E-state index in [-0.39, 0.29) is 17.5 Å². The lowest BCUT2D eigenvalue weighted by Crippen LogP contribution is -2.44. The van der Waals surface area contributed by atoms with Crippen LogP contribution in [0.4, 0.5) is 5.69 Å². The van der Waals surface area contributed by atoms with Gasteiger partial charge in [-0.15, -0.1) is 0 Å². The van der Waals surface area contributed by atoms with Crippen molar-refractivity contribution in [2.75, 3.05) is 25.0 Å². The minimum absolute atomic E-state index is 0.0908. The summed E-state index contributed by atoms with van der Waals surface area (Å²) in [5, 5.41) is 3.62. The number of anilines is 1. The Morgan fingerprint density at radius 3 is 2.66 bits per heavy atom. The molecule has 7 nitrogen and oxygen atoms in total. The maximum Gasteiger partial charge on any atom is 0.265 e. The van der Waals surface area contributed by atoms with E-state index in [9.17, 15) is 9.59 Å². The van der Waals surface area contributed by atoms with E-state index < -0.39 is 0 Å². The van der Waals surface area contributed by atoms with Gasteiger partial charge in [0.2, 0.25) is 0 Å². The molecule has 0 radical (unpaired) electrons. The summed E-state index contributed by atoms with van der Waals surface area (Å²) in [6.07, 6.45) is 4.83. The van der Waals surface area contributed by atoms with Gasteiger partial charge in [0.15, 0.2) is 0 Å². The summed E-state index contributed by atoms with van der Waals surface area (Å²) in [7, 11) is 2.19. The van der Waals surface area contributed by atoms with Gasteiger partial charge in [0.05, 0.1) is 16.6 Å². The zero-order valence-electron chi connectivity index (χ0n) is 18.4. The van der Waals surface area contributed by atoms with Gasteiger partial charge in [-0.1, -0.05) is 6.07 Å². The Kier molecular flexibility index (Phi) is 4.37. The van der Waals surface area contributed by atoms with Crippen molar-refractivity contribution >= 4 is 22.5 Å². The van der Waals surface area contributed by atoms with Crippen LogP contribution in [0, 0.1) is 6.92 Å². The summed E-state index contributed by atoms with van der Waals surface area (Å²) in [4.78, 5) is 35.5. The minimum Gasteiger partial charge on any atom is -0.366 e. The van der Waals surface area contributed by atoms with Gasteiger partial charge in [-0.25, -0.2) is 4.98 Å². The number of aryl methyl sites for hydroxylation is 1. The van der Waals surface area contributed by atoms with E-state index in [1.54, 1.807) is 17.0 Å². The maximum atomic E-state index is 13.5. The van der Waals surface area contributed by atoms with Crippen LogP contribution in [0.2, 0.25) is 0 Å². The van der Waals surface area contributed by atoms with E-state index in [0.717, 1.165) is 37.2 Å². The molecule has 2 unspecified atom stereocenters. The molecule has 3 aromatic rings. The van der Waals surface area contributed by atoms with Crippen molar-refractivity contribution < 1.29 is 4.79 Å². The first-order valence-corrected chi connectivity index (χ1v) is 11.4. The molecule has 2 bridgehead atoms. The number of likely N-dealkylation sites (N-methyl/N-ethyl adjacent to an activating group) is 1. The molecule has 3 aliphatic rings. The number of nitrogens with one attached hydrogen (secondary N) is 1. The van der Waals surface area contributed by atoms with Crippen LogP contribution in [0.1, 0.15) is 35.2 Å². The summed E-state index contributed by atoms with van der Waals surface area (Å²) in [5.41, 5.74) is 3.85. The average molecular weight is 430 g/mol. The molecule has 32 heavy (non-hydrogen) atoms. The third kappa shape index (κ3) is 3.19. The molecule has 1 N–H and O–H groups in total.